The molecule has 1 aromatic rings. The minimum atomic E-state index is -2.92. The summed E-state index contributed by atoms with van der Waals surface area (Å²) in [5.41, 5.74) is 3.60. The highest BCUT2D eigenvalue weighted by atomic mass is 19.3. The summed E-state index contributed by atoms with van der Waals surface area (Å²) in [5, 5.41) is 8.47. The number of nitrogens with two attached hydrogens (primary N) is 1. The van der Waals surface area contributed by atoms with Crippen molar-refractivity contribution in [2.24, 2.45) is 0 Å². The Balaban J connectivity index is 3.48. The van der Waals surface area contributed by atoms with E-state index >= 15 is 0 Å². The van der Waals surface area contributed by atoms with Gasteiger partial charge in [0.15, 0.2) is 12.0 Å². The molecule has 0 amide bonds. The second-order valence-corrected chi connectivity index (χ2v) is 2.42. The van der Waals surface area contributed by atoms with Gasteiger partial charge in [-0.3, -0.25) is 4.79 Å². The molecule has 0 aliphatic carbocycles. The molecule has 0 atom stereocenters. The van der Waals surface area contributed by atoms with E-state index < -0.39 is 17.7 Å². The van der Waals surface area contributed by atoms with Crippen molar-refractivity contribution in [3.05, 3.63) is 23.0 Å². The van der Waals surface area contributed by atoms with Gasteiger partial charge in [0.1, 0.15) is 6.07 Å². The van der Waals surface area contributed by atoms with Gasteiger partial charge in [-0.05, 0) is 0 Å². The van der Waals surface area contributed by atoms with Crippen LogP contribution in [-0.4, -0.2) is 11.3 Å². The fourth-order valence-corrected chi connectivity index (χ4v) is 0.960. The molecule has 0 aliphatic rings. The molecule has 0 saturated heterocycles. The van der Waals surface area contributed by atoms with Crippen LogP contribution in [-0.2, 0) is 0 Å². The second kappa shape index (κ2) is 3.79. The van der Waals surface area contributed by atoms with Crippen LogP contribution in [0.3, 0.4) is 0 Å². The lowest BCUT2D eigenvalue weighted by atomic mass is 10.1. The number of pyridine rings is 1. The average Bonchev–Trinajstić information content (AvgIpc) is 2.16. The molecule has 2 N–H and O–H groups in total. The number of nitrogen functional groups attached to an aromatic ring is 1. The van der Waals surface area contributed by atoms with Crippen molar-refractivity contribution in [2.75, 3.05) is 5.73 Å². The normalized spacial score (nSPS) is 9.86. The van der Waals surface area contributed by atoms with E-state index in [9.17, 15) is 13.6 Å². The molecule has 1 aromatic heterocycles. The Morgan fingerprint density at radius 2 is 2.29 bits per heavy atom. The Morgan fingerprint density at radius 1 is 1.64 bits per heavy atom. The summed E-state index contributed by atoms with van der Waals surface area (Å²) >= 11 is 0. The Kier molecular flexibility index (Phi) is 2.72. The first-order chi connectivity index (χ1) is 6.61. The van der Waals surface area contributed by atoms with Crippen LogP contribution in [0.4, 0.5) is 14.5 Å². The van der Waals surface area contributed by atoms with E-state index in [0.717, 1.165) is 6.20 Å². The smallest absolute Gasteiger partial charge is 0.268 e. The van der Waals surface area contributed by atoms with Gasteiger partial charge in [-0.25, -0.2) is 13.8 Å². The number of anilines is 1. The van der Waals surface area contributed by atoms with Gasteiger partial charge >= 0.3 is 0 Å². The number of nitriles is 1. The van der Waals surface area contributed by atoms with E-state index in [1.165, 1.54) is 6.07 Å². The van der Waals surface area contributed by atoms with Gasteiger partial charge in [0.2, 0.25) is 0 Å². The van der Waals surface area contributed by atoms with Crippen LogP contribution in [0, 0.1) is 11.3 Å². The minimum Gasteiger partial charge on any atom is -0.398 e. The third-order valence-corrected chi connectivity index (χ3v) is 1.64. The Hall–Kier alpha value is -2.03. The summed E-state index contributed by atoms with van der Waals surface area (Å²) in [6.45, 7) is 0. The molecular weight excluding hydrogens is 192 g/mol. The van der Waals surface area contributed by atoms with Crippen LogP contribution >= 0.6 is 0 Å². The van der Waals surface area contributed by atoms with E-state index in [-0.39, 0.29) is 11.3 Å². The minimum absolute atomic E-state index is 0.140. The van der Waals surface area contributed by atoms with Crippen LogP contribution in [0.15, 0.2) is 6.20 Å². The van der Waals surface area contributed by atoms with Crippen LogP contribution < -0.4 is 5.73 Å². The zero-order chi connectivity index (χ0) is 10.7. The van der Waals surface area contributed by atoms with Crippen LogP contribution in [0.5, 0.6) is 0 Å². The van der Waals surface area contributed by atoms with Crippen molar-refractivity contribution < 1.29 is 13.6 Å². The van der Waals surface area contributed by atoms with Crippen molar-refractivity contribution in [3.8, 4) is 6.07 Å². The van der Waals surface area contributed by atoms with Gasteiger partial charge in [-0.15, -0.1) is 0 Å². The molecule has 6 heteroatoms. The lowest BCUT2D eigenvalue weighted by molar-refractivity contribution is 0.112. The van der Waals surface area contributed by atoms with Crippen molar-refractivity contribution in [2.45, 2.75) is 6.43 Å². The molecule has 0 aromatic carbocycles. The summed E-state index contributed by atoms with van der Waals surface area (Å²) in [5.74, 6) is 0. The predicted molar refractivity (Wildman–Crippen MR) is 43.7 cm³/mol. The molecule has 0 bridgehead atoms. The molecular formula is C8H5F2N3O. The fourth-order valence-electron chi connectivity index (χ4n) is 0.960. The standard InChI is InChI=1S/C8H5F2N3O/c9-8(10)6-5(1-11)13-2-4(3-14)7(6)12/h2-3,8H,(H2,12,13). The van der Waals surface area contributed by atoms with E-state index in [2.05, 4.69) is 4.98 Å². The molecule has 4 nitrogen and oxygen atoms in total. The first-order valence-electron chi connectivity index (χ1n) is 3.53. The van der Waals surface area contributed by atoms with Crippen molar-refractivity contribution in [3.63, 3.8) is 0 Å². The highest BCUT2D eigenvalue weighted by Gasteiger charge is 2.20. The van der Waals surface area contributed by atoms with Crippen molar-refractivity contribution in [1.82, 2.24) is 4.98 Å². The molecule has 0 saturated carbocycles. The summed E-state index contributed by atoms with van der Waals surface area (Å²) in [6.07, 6.45) is -1.61. The number of hydrogen-bond acceptors (Lipinski definition) is 4. The monoisotopic (exact) mass is 197 g/mol. The molecule has 14 heavy (non-hydrogen) atoms. The molecule has 0 unspecified atom stereocenters. The van der Waals surface area contributed by atoms with Gasteiger partial charge in [-0.2, -0.15) is 5.26 Å². The Labute approximate surface area is 78.0 Å². The van der Waals surface area contributed by atoms with Gasteiger partial charge in [0.05, 0.1) is 16.8 Å². The maximum atomic E-state index is 12.4. The van der Waals surface area contributed by atoms with E-state index in [0.29, 0.717) is 6.29 Å². The van der Waals surface area contributed by atoms with Crippen LogP contribution in [0.1, 0.15) is 28.0 Å². The Morgan fingerprint density at radius 3 is 2.71 bits per heavy atom. The lowest BCUT2D eigenvalue weighted by Gasteiger charge is -2.07. The van der Waals surface area contributed by atoms with Crippen molar-refractivity contribution >= 4 is 12.0 Å². The number of rotatable bonds is 2. The average molecular weight is 197 g/mol. The topological polar surface area (TPSA) is 79.8 Å². The molecule has 0 fully saturated rings. The number of nitrogens with zero attached hydrogens (tertiary/aromatic N) is 2. The van der Waals surface area contributed by atoms with E-state index in [1.807, 2.05) is 0 Å². The number of hydrogen-bond donors (Lipinski definition) is 1. The molecule has 1 heterocycles. The van der Waals surface area contributed by atoms with Gasteiger partial charge in [-0.1, -0.05) is 0 Å². The summed E-state index contributed by atoms with van der Waals surface area (Å²) in [4.78, 5) is 13.8. The van der Waals surface area contributed by atoms with Crippen molar-refractivity contribution in [1.29, 1.82) is 5.26 Å². The summed E-state index contributed by atoms with van der Waals surface area (Å²) in [6, 6.07) is 1.48. The van der Waals surface area contributed by atoms with Gasteiger partial charge in [0, 0.05) is 6.20 Å². The van der Waals surface area contributed by atoms with Crippen LogP contribution in [0.25, 0.3) is 0 Å². The number of alkyl halides is 2. The number of aldehydes is 1. The van der Waals surface area contributed by atoms with E-state index in [4.69, 9.17) is 11.0 Å². The van der Waals surface area contributed by atoms with E-state index in [1.54, 1.807) is 0 Å². The fraction of sp³-hybridized carbons (Fsp3) is 0.125. The Bertz CT molecular complexity index is 412. The molecule has 0 aliphatic heterocycles. The van der Waals surface area contributed by atoms with Crippen LogP contribution in [0.2, 0.25) is 0 Å². The highest BCUT2D eigenvalue weighted by molar-refractivity contribution is 5.84. The number of halogens is 2. The largest absolute Gasteiger partial charge is 0.398 e. The zero-order valence-corrected chi connectivity index (χ0v) is 6.87. The maximum absolute atomic E-state index is 12.4. The third-order valence-electron chi connectivity index (χ3n) is 1.64. The molecule has 1 rings (SSSR count). The van der Waals surface area contributed by atoms with Gasteiger partial charge in [0.25, 0.3) is 6.43 Å². The highest BCUT2D eigenvalue weighted by Crippen LogP contribution is 2.28. The summed E-state index contributed by atoms with van der Waals surface area (Å²) < 4.78 is 24.8. The predicted octanol–water partition coefficient (Wildman–Crippen LogP) is 1.29. The number of carbonyl (C=O) groups is 1. The molecule has 0 radical (unpaired) electrons. The first-order valence-corrected chi connectivity index (χ1v) is 3.53. The second-order valence-electron chi connectivity index (χ2n) is 2.42. The zero-order valence-electron chi connectivity index (χ0n) is 6.87. The molecule has 72 valence electrons. The first kappa shape index (κ1) is 10.1. The number of aromatic nitrogens is 1. The SMILES string of the molecule is N#Cc1ncc(C=O)c(N)c1C(F)F. The third kappa shape index (κ3) is 1.52. The summed E-state index contributed by atoms with van der Waals surface area (Å²) in [7, 11) is 0. The van der Waals surface area contributed by atoms with Gasteiger partial charge < -0.3 is 5.73 Å². The number of carbonyl (C=O) groups excluding carboxylic acids is 1. The lowest BCUT2D eigenvalue weighted by Crippen LogP contribution is -2.04. The maximum Gasteiger partial charge on any atom is 0.268 e. The quantitative estimate of drug-likeness (QED) is 0.724. The molecule has 0 spiro atoms.